The minimum absolute atomic E-state index is 0.0494. The van der Waals surface area contributed by atoms with E-state index in [1.165, 1.54) is 9.80 Å². The average molecular weight is 286 g/mol. The van der Waals surface area contributed by atoms with Gasteiger partial charge in [0.25, 0.3) is 0 Å². The number of hydrogen-bond donors (Lipinski definition) is 3. The molecule has 0 aromatic rings. The number of carboxylic acids is 1. The molecule has 0 aromatic carbocycles. The lowest BCUT2D eigenvalue weighted by Gasteiger charge is -2.17. The number of carbonyl (C=O) groups is 3. The van der Waals surface area contributed by atoms with Crippen molar-refractivity contribution >= 4 is 18.0 Å². The molecule has 1 aliphatic heterocycles. The van der Waals surface area contributed by atoms with E-state index in [4.69, 9.17) is 5.11 Å². The number of nitrogens with zero attached hydrogens (tertiary/aromatic N) is 2. The van der Waals surface area contributed by atoms with Crippen LogP contribution in [0.4, 0.5) is 9.59 Å². The zero-order valence-electron chi connectivity index (χ0n) is 12.0. The van der Waals surface area contributed by atoms with Crippen LogP contribution in [0.1, 0.15) is 6.92 Å². The van der Waals surface area contributed by atoms with Crippen molar-refractivity contribution in [2.45, 2.75) is 6.92 Å². The molecule has 3 N–H and O–H groups in total. The monoisotopic (exact) mass is 286 g/mol. The van der Waals surface area contributed by atoms with Crippen LogP contribution in [0.15, 0.2) is 0 Å². The van der Waals surface area contributed by atoms with Gasteiger partial charge in [0.05, 0.1) is 5.92 Å². The van der Waals surface area contributed by atoms with Gasteiger partial charge >= 0.3 is 18.0 Å². The zero-order chi connectivity index (χ0) is 15.3. The van der Waals surface area contributed by atoms with Gasteiger partial charge < -0.3 is 25.5 Å². The Hall–Kier alpha value is -1.99. The van der Waals surface area contributed by atoms with Crippen LogP contribution in [0.5, 0.6) is 0 Å². The standard InChI is InChI=1S/C12H22N4O4/c1-8-6-16(7-9(8)10(17)18)12(20)14-5-4-13-11(19)15(2)3/h8-9H,4-7H2,1-3H3,(H,13,19)(H,14,20)(H,17,18)/t8-,9-/m1/s1. The van der Waals surface area contributed by atoms with Crippen LogP contribution in [-0.2, 0) is 4.79 Å². The minimum Gasteiger partial charge on any atom is -0.481 e. The van der Waals surface area contributed by atoms with Gasteiger partial charge in [0.2, 0.25) is 0 Å². The summed E-state index contributed by atoms with van der Waals surface area (Å²) in [5.74, 6) is -1.42. The third-order valence-electron chi connectivity index (χ3n) is 3.30. The van der Waals surface area contributed by atoms with Gasteiger partial charge in [-0.05, 0) is 5.92 Å². The number of amides is 4. The first-order valence-electron chi connectivity index (χ1n) is 6.53. The van der Waals surface area contributed by atoms with Gasteiger partial charge in [-0.2, -0.15) is 0 Å². The highest BCUT2D eigenvalue weighted by Crippen LogP contribution is 2.22. The van der Waals surface area contributed by atoms with Crippen molar-refractivity contribution in [3.05, 3.63) is 0 Å². The number of rotatable bonds is 4. The van der Waals surface area contributed by atoms with Gasteiger partial charge in [-0.3, -0.25) is 4.79 Å². The molecular formula is C12H22N4O4. The molecule has 0 bridgehead atoms. The van der Waals surface area contributed by atoms with E-state index in [0.717, 1.165) is 0 Å². The van der Waals surface area contributed by atoms with Gasteiger partial charge in [-0.25, -0.2) is 9.59 Å². The highest BCUT2D eigenvalue weighted by Gasteiger charge is 2.36. The average Bonchev–Trinajstić information content (AvgIpc) is 2.76. The highest BCUT2D eigenvalue weighted by molar-refractivity contribution is 5.77. The Morgan fingerprint density at radius 3 is 2.30 bits per heavy atom. The molecule has 0 aliphatic carbocycles. The Morgan fingerprint density at radius 1 is 1.20 bits per heavy atom. The molecule has 1 heterocycles. The fourth-order valence-electron chi connectivity index (χ4n) is 2.06. The topological polar surface area (TPSA) is 102 Å². The number of urea groups is 2. The summed E-state index contributed by atoms with van der Waals surface area (Å²) in [6, 6.07) is -0.514. The summed E-state index contributed by atoms with van der Waals surface area (Å²) in [4.78, 5) is 36.9. The smallest absolute Gasteiger partial charge is 0.317 e. The van der Waals surface area contributed by atoms with E-state index < -0.39 is 11.9 Å². The number of likely N-dealkylation sites (tertiary alicyclic amines) is 1. The van der Waals surface area contributed by atoms with E-state index in [1.54, 1.807) is 14.1 Å². The first-order chi connectivity index (χ1) is 9.32. The molecule has 8 heteroatoms. The number of carboxylic acid groups (broad SMARTS) is 1. The first kappa shape index (κ1) is 16.1. The van der Waals surface area contributed by atoms with E-state index in [2.05, 4.69) is 10.6 Å². The highest BCUT2D eigenvalue weighted by atomic mass is 16.4. The molecule has 1 rings (SSSR count). The molecule has 0 aromatic heterocycles. The molecule has 0 unspecified atom stereocenters. The summed E-state index contributed by atoms with van der Waals surface area (Å²) >= 11 is 0. The maximum atomic E-state index is 11.8. The van der Waals surface area contributed by atoms with E-state index in [1.807, 2.05) is 6.92 Å². The van der Waals surface area contributed by atoms with Crippen LogP contribution in [0.3, 0.4) is 0 Å². The van der Waals surface area contributed by atoms with Crippen molar-refractivity contribution < 1.29 is 19.5 Å². The summed E-state index contributed by atoms with van der Waals surface area (Å²) in [6.45, 7) is 3.12. The Bertz CT molecular complexity index is 386. The third kappa shape index (κ3) is 4.29. The normalized spacial score (nSPS) is 21.4. The Labute approximate surface area is 118 Å². The Morgan fingerprint density at radius 2 is 1.80 bits per heavy atom. The second-order valence-electron chi connectivity index (χ2n) is 5.19. The molecule has 0 radical (unpaired) electrons. The second-order valence-corrected chi connectivity index (χ2v) is 5.19. The minimum atomic E-state index is -0.869. The molecule has 4 amide bonds. The van der Waals surface area contributed by atoms with Gasteiger partial charge in [0.1, 0.15) is 0 Å². The molecule has 114 valence electrons. The predicted molar refractivity (Wildman–Crippen MR) is 72.3 cm³/mol. The van der Waals surface area contributed by atoms with Crippen LogP contribution in [0, 0.1) is 11.8 Å². The fourth-order valence-corrected chi connectivity index (χ4v) is 2.06. The Balaban J connectivity index is 2.27. The van der Waals surface area contributed by atoms with Crippen LogP contribution in [0.25, 0.3) is 0 Å². The van der Waals surface area contributed by atoms with E-state index in [9.17, 15) is 14.4 Å². The van der Waals surface area contributed by atoms with Crippen molar-refractivity contribution in [3.63, 3.8) is 0 Å². The molecule has 2 atom stereocenters. The molecule has 8 nitrogen and oxygen atoms in total. The number of aliphatic carboxylic acids is 1. The quantitative estimate of drug-likeness (QED) is 0.613. The van der Waals surface area contributed by atoms with Crippen molar-refractivity contribution in [1.82, 2.24) is 20.4 Å². The third-order valence-corrected chi connectivity index (χ3v) is 3.30. The summed E-state index contributed by atoms with van der Waals surface area (Å²) < 4.78 is 0. The predicted octanol–water partition coefficient (Wildman–Crippen LogP) is -0.380. The van der Waals surface area contributed by atoms with E-state index in [-0.39, 0.29) is 24.5 Å². The molecule has 20 heavy (non-hydrogen) atoms. The number of hydrogen-bond acceptors (Lipinski definition) is 3. The van der Waals surface area contributed by atoms with Crippen LogP contribution in [0.2, 0.25) is 0 Å². The molecule has 1 fully saturated rings. The summed E-state index contributed by atoms with van der Waals surface area (Å²) in [5.41, 5.74) is 0. The van der Waals surface area contributed by atoms with Gasteiger partial charge in [0.15, 0.2) is 0 Å². The summed E-state index contributed by atoms with van der Waals surface area (Å²) in [6.07, 6.45) is 0. The molecule has 1 saturated heterocycles. The van der Waals surface area contributed by atoms with Crippen LogP contribution < -0.4 is 10.6 Å². The maximum Gasteiger partial charge on any atom is 0.317 e. The maximum absolute atomic E-state index is 11.8. The molecule has 0 spiro atoms. The van der Waals surface area contributed by atoms with Crippen molar-refractivity contribution in [2.75, 3.05) is 40.3 Å². The lowest BCUT2D eigenvalue weighted by Crippen LogP contribution is -2.43. The second kappa shape index (κ2) is 6.97. The molecule has 1 aliphatic rings. The SMILES string of the molecule is C[C@@H]1CN(C(=O)NCCNC(=O)N(C)C)C[C@H]1C(=O)O. The van der Waals surface area contributed by atoms with E-state index >= 15 is 0 Å². The van der Waals surface area contributed by atoms with Gasteiger partial charge in [0, 0.05) is 40.3 Å². The van der Waals surface area contributed by atoms with Crippen LogP contribution >= 0.6 is 0 Å². The molecule has 0 saturated carbocycles. The van der Waals surface area contributed by atoms with Gasteiger partial charge in [-0.15, -0.1) is 0 Å². The first-order valence-corrected chi connectivity index (χ1v) is 6.53. The van der Waals surface area contributed by atoms with Crippen LogP contribution in [-0.4, -0.2) is 73.2 Å². The zero-order valence-corrected chi connectivity index (χ0v) is 12.0. The lowest BCUT2D eigenvalue weighted by molar-refractivity contribution is -0.142. The molecular weight excluding hydrogens is 264 g/mol. The summed E-state index contributed by atoms with van der Waals surface area (Å²) in [7, 11) is 3.26. The van der Waals surface area contributed by atoms with Crippen molar-refractivity contribution in [1.29, 1.82) is 0 Å². The largest absolute Gasteiger partial charge is 0.481 e. The van der Waals surface area contributed by atoms with Crippen molar-refractivity contribution in [3.8, 4) is 0 Å². The number of carbonyl (C=O) groups excluding carboxylic acids is 2. The lowest BCUT2D eigenvalue weighted by atomic mass is 9.99. The van der Waals surface area contributed by atoms with E-state index in [0.29, 0.717) is 19.6 Å². The van der Waals surface area contributed by atoms with Crippen molar-refractivity contribution in [2.24, 2.45) is 11.8 Å². The Kier molecular flexibility index (Phi) is 5.60. The van der Waals surface area contributed by atoms with Gasteiger partial charge in [-0.1, -0.05) is 6.92 Å². The summed E-state index contributed by atoms with van der Waals surface area (Å²) in [5, 5.41) is 14.3. The number of nitrogens with one attached hydrogen (secondary N) is 2. The fraction of sp³-hybridized carbons (Fsp3) is 0.750.